The van der Waals surface area contributed by atoms with E-state index in [9.17, 15) is 4.79 Å². The lowest BCUT2D eigenvalue weighted by atomic mass is 9.89. The highest BCUT2D eigenvalue weighted by atomic mass is 79.9. The number of hydrogen-bond acceptors (Lipinski definition) is 2. The number of nitrogens with zero attached hydrogens (tertiary/aromatic N) is 1. The van der Waals surface area contributed by atoms with Gasteiger partial charge in [0.1, 0.15) is 0 Å². The van der Waals surface area contributed by atoms with E-state index in [0.717, 1.165) is 36.1 Å². The zero-order valence-electron chi connectivity index (χ0n) is 13.0. The number of piperidine rings is 1. The molecule has 1 fully saturated rings. The van der Waals surface area contributed by atoms with Crippen molar-refractivity contribution >= 4 is 27.5 Å². The molecule has 0 atom stereocenters. The molecule has 4 heteroatoms. The second kappa shape index (κ2) is 7.75. The molecular weight excluding hydrogens is 352 g/mol. The van der Waals surface area contributed by atoms with E-state index >= 15 is 0 Å². The van der Waals surface area contributed by atoms with Gasteiger partial charge in [-0.1, -0.05) is 46.3 Å². The fraction of sp³-hybridized carbons (Fsp3) is 0.316. The summed E-state index contributed by atoms with van der Waals surface area (Å²) >= 11 is 3.40. The zero-order valence-corrected chi connectivity index (χ0v) is 14.6. The lowest BCUT2D eigenvalue weighted by Crippen LogP contribution is -2.38. The van der Waals surface area contributed by atoms with Crippen molar-refractivity contribution in [2.75, 3.05) is 25.0 Å². The molecule has 0 unspecified atom stereocenters. The summed E-state index contributed by atoms with van der Waals surface area (Å²) in [6, 6.07) is 18.4. The number of benzene rings is 2. The largest absolute Gasteiger partial charge is 0.325 e. The first-order valence-electron chi connectivity index (χ1n) is 8.03. The number of amides is 1. The Bertz CT molecular complexity index is 634. The first kappa shape index (κ1) is 16.2. The number of likely N-dealkylation sites (tertiary alicyclic amines) is 1. The summed E-state index contributed by atoms with van der Waals surface area (Å²) < 4.78 is 1.01. The number of halogens is 1. The van der Waals surface area contributed by atoms with Crippen LogP contribution in [-0.4, -0.2) is 30.4 Å². The van der Waals surface area contributed by atoms with Crippen LogP contribution in [0.2, 0.25) is 0 Å². The van der Waals surface area contributed by atoms with Gasteiger partial charge in [-0.2, -0.15) is 0 Å². The van der Waals surface area contributed by atoms with Crippen LogP contribution in [0.15, 0.2) is 59.1 Å². The van der Waals surface area contributed by atoms with Crippen molar-refractivity contribution in [2.24, 2.45) is 0 Å². The summed E-state index contributed by atoms with van der Waals surface area (Å²) in [6.45, 7) is 2.43. The molecule has 2 aromatic rings. The molecule has 1 amide bonds. The van der Waals surface area contributed by atoms with Crippen molar-refractivity contribution in [1.82, 2.24) is 4.90 Å². The standard InChI is InChI=1S/C19H21BrN2O/c20-17-6-8-18(9-7-17)21-19(23)14-22-12-10-16(11-13-22)15-4-2-1-3-5-15/h1-9,16H,10-14H2,(H,21,23). The number of anilines is 1. The summed E-state index contributed by atoms with van der Waals surface area (Å²) in [5.74, 6) is 0.687. The Morgan fingerprint density at radius 3 is 2.35 bits per heavy atom. The second-order valence-corrected chi connectivity index (χ2v) is 6.93. The van der Waals surface area contributed by atoms with E-state index in [1.54, 1.807) is 0 Å². The van der Waals surface area contributed by atoms with Crippen LogP contribution in [0.5, 0.6) is 0 Å². The van der Waals surface area contributed by atoms with Crippen LogP contribution < -0.4 is 5.32 Å². The van der Waals surface area contributed by atoms with Crippen LogP contribution >= 0.6 is 15.9 Å². The maximum absolute atomic E-state index is 12.2. The van der Waals surface area contributed by atoms with Crippen LogP contribution in [0.4, 0.5) is 5.69 Å². The Morgan fingerprint density at radius 2 is 1.70 bits per heavy atom. The van der Waals surface area contributed by atoms with Gasteiger partial charge in [-0.25, -0.2) is 0 Å². The van der Waals surface area contributed by atoms with Gasteiger partial charge in [0.25, 0.3) is 0 Å². The van der Waals surface area contributed by atoms with Crippen molar-refractivity contribution in [2.45, 2.75) is 18.8 Å². The highest BCUT2D eigenvalue weighted by molar-refractivity contribution is 9.10. The Hall–Kier alpha value is -1.65. The van der Waals surface area contributed by atoms with Crippen LogP contribution in [0.25, 0.3) is 0 Å². The van der Waals surface area contributed by atoms with Gasteiger partial charge >= 0.3 is 0 Å². The van der Waals surface area contributed by atoms with Crippen LogP contribution in [0.1, 0.15) is 24.3 Å². The Labute approximate surface area is 145 Å². The van der Waals surface area contributed by atoms with Gasteiger partial charge in [0.2, 0.25) is 5.91 Å². The quantitative estimate of drug-likeness (QED) is 0.868. The lowest BCUT2D eigenvalue weighted by molar-refractivity contribution is -0.117. The van der Waals surface area contributed by atoms with Gasteiger partial charge in [0, 0.05) is 10.2 Å². The topological polar surface area (TPSA) is 32.3 Å². The predicted molar refractivity (Wildman–Crippen MR) is 97.6 cm³/mol. The van der Waals surface area contributed by atoms with Gasteiger partial charge < -0.3 is 5.32 Å². The fourth-order valence-electron chi connectivity index (χ4n) is 3.09. The van der Waals surface area contributed by atoms with E-state index in [2.05, 4.69) is 56.5 Å². The Kier molecular flexibility index (Phi) is 5.47. The summed E-state index contributed by atoms with van der Waals surface area (Å²) in [4.78, 5) is 14.4. The molecule has 23 heavy (non-hydrogen) atoms. The smallest absolute Gasteiger partial charge is 0.238 e. The maximum atomic E-state index is 12.2. The fourth-order valence-corrected chi connectivity index (χ4v) is 3.35. The third-order valence-corrected chi connectivity index (χ3v) is 4.88. The molecule has 0 aromatic heterocycles. The molecule has 3 nitrogen and oxygen atoms in total. The van der Waals surface area contributed by atoms with Gasteiger partial charge in [0.15, 0.2) is 0 Å². The Balaban J connectivity index is 1.47. The minimum atomic E-state index is 0.0606. The minimum absolute atomic E-state index is 0.0606. The van der Waals surface area contributed by atoms with E-state index in [1.807, 2.05) is 24.3 Å². The molecule has 0 radical (unpaired) electrons. The third-order valence-electron chi connectivity index (χ3n) is 4.35. The SMILES string of the molecule is O=C(CN1CCC(c2ccccc2)CC1)Nc1ccc(Br)cc1. The summed E-state index contributed by atoms with van der Waals surface area (Å²) in [7, 11) is 0. The van der Waals surface area contributed by atoms with Crippen molar-refractivity contribution in [1.29, 1.82) is 0 Å². The first-order valence-corrected chi connectivity index (χ1v) is 8.83. The molecule has 1 aliphatic heterocycles. The summed E-state index contributed by atoms with van der Waals surface area (Å²) in [5.41, 5.74) is 2.27. The molecule has 1 N–H and O–H groups in total. The van der Waals surface area contributed by atoms with Gasteiger partial charge in [-0.05, 0) is 61.7 Å². The average molecular weight is 373 g/mol. The molecular formula is C19H21BrN2O. The minimum Gasteiger partial charge on any atom is -0.325 e. The van der Waals surface area contributed by atoms with Crippen molar-refractivity contribution in [3.8, 4) is 0 Å². The number of carbonyl (C=O) groups excluding carboxylic acids is 1. The zero-order chi connectivity index (χ0) is 16.1. The number of rotatable bonds is 4. The highest BCUT2D eigenvalue weighted by Gasteiger charge is 2.21. The summed E-state index contributed by atoms with van der Waals surface area (Å²) in [6.07, 6.45) is 2.24. The third kappa shape index (κ3) is 4.66. The molecule has 120 valence electrons. The monoisotopic (exact) mass is 372 g/mol. The van der Waals surface area contributed by atoms with Gasteiger partial charge in [-0.3, -0.25) is 9.69 Å². The molecule has 1 saturated heterocycles. The van der Waals surface area contributed by atoms with Crippen molar-refractivity contribution in [3.05, 3.63) is 64.6 Å². The second-order valence-electron chi connectivity index (χ2n) is 6.02. The van der Waals surface area contributed by atoms with E-state index in [0.29, 0.717) is 12.5 Å². The van der Waals surface area contributed by atoms with Crippen molar-refractivity contribution < 1.29 is 4.79 Å². The van der Waals surface area contributed by atoms with E-state index < -0.39 is 0 Å². The number of nitrogens with one attached hydrogen (secondary N) is 1. The molecule has 1 heterocycles. The van der Waals surface area contributed by atoms with Crippen LogP contribution in [0.3, 0.4) is 0 Å². The van der Waals surface area contributed by atoms with E-state index in [-0.39, 0.29) is 5.91 Å². The van der Waals surface area contributed by atoms with Crippen LogP contribution in [-0.2, 0) is 4.79 Å². The number of hydrogen-bond donors (Lipinski definition) is 1. The van der Waals surface area contributed by atoms with E-state index in [4.69, 9.17) is 0 Å². The van der Waals surface area contributed by atoms with Crippen molar-refractivity contribution in [3.63, 3.8) is 0 Å². The van der Waals surface area contributed by atoms with Gasteiger partial charge in [0.05, 0.1) is 6.54 Å². The molecule has 0 bridgehead atoms. The molecule has 0 aliphatic carbocycles. The molecule has 0 saturated carbocycles. The lowest BCUT2D eigenvalue weighted by Gasteiger charge is -2.31. The van der Waals surface area contributed by atoms with Gasteiger partial charge in [-0.15, -0.1) is 0 Å². The highest BCUT2D eigenvalue weighted by Crippen LogP contribution is 2.27. The normalized spacial score (nSPS) is 16.2. The molecule has 2 aromatic carbocycles. The molecule has 3 rings (SSSR count). The average Bonchev–Trinajstić information content (AvgIpc) is 2.58. The predicted octanol–water partition coefficient (Wildman–Crippen LogP) is 4.27. The molecule has 0 spiro atoms. The first-order chi connectivity index (χ1) is 11.2. The van der Waals surface area contributed by atoms with E-state index in [1.165, 1.54) is 5.56 Å². The summed E-state index contributed by atoms with van der Waals surface area (Å²) in [5, 5.41) is 2.96. The number of carbonyl (C=O) groups is 1. The van der Waals surface area contributed by atoms with Crippen LogP contribution in [0, 0.1) is 0 Å². The molecule has 1 aliphatic rings. The Morgan fingerprint density at radius 1 is 1.04 bits per heavy atom. The maximum Gasteiger partial charge on any atom is 0.238 e.